The largest absolute Gasteiger partial charge is 0.455 e. The van der Waals surface area contributed by atoms with E-state index in [9.17, 15) is 22.8 Å². The number of ether oxygens (including phenoxy) is 4. The Morgan fingerprint density at radius 3 is 1.93 bits per heavy atom. The monoisotopic (exact) mass is 812 g/mol. The highest BCUT2D eigenvalue weighted by Crippen LogP contribution is 2.48. The molecule has 0 saturated carbocycles. The first kappa shape index (κ1) is 41.7. The number of benzene rings is 4. The van der Waals surface area contributed by atoms with Crippen molar-refractivity contribution in [3.05, 3.63) is 159 Å². The van der Waals surface area contributed by atoms with Crippen molar-refractivity contribution in [2.24, 2.45) is 0 Å². The lowest BCUT2D eigenvalue weighted by atomic mass is 9.95. The van der Waals surface area contributed by atoms with Crippen molar-refractivity contribution in [1.29, 1.82) is 0 Å². The van der Waals surface area contributed by atoms with Crippen LogP contribution in [0.4, 0.5) is 0 Å². The fraction of sp³-hybridized carbons (Fsp3) is 0.326. The molecule has 1 fully saturated rings. The first-order valence-corrected chi connectivity index (χ1v) is 21.7. The molecule has 1 aliphatic heterocycles. The minimum atomic E-state index is -4.44. The number of esters is 1. The lowest BCUT2D eigenvalue weighted by Gasteiger charge is -2.42. The third kappa shape index (κ3) is 9.11. The number of aromatic nitrogens is 2. The van der Waals surface area contributed by atoms with Gasteiger partial charge in [-0.25, -0.2) is 4.79 Å². The van der Waals surface area contributed by atoms with Crippen LogP contribution >= 0.6 is 0 Å². The van der Waals surface area contributed by atoms with Crippen molar-refractivity contribution < 1.29 is 36.3 Å². The van der Waals surface area contributed by atoms with Crippen LogP contribution in [0.1, 0.15) is 44.4 Å². The molecule has 57 heavy (non-hydrogen) atoms. The highest BCUT2D eigenvalue weighted by atomic mass is 32.2. The van der Waals surface area contributed by atoms with Gasteiger partial charge in [0.1, 0.15) is 18.3 Å². The summed E-state index contributed by atoms with van der Waals surface area (Å²) in [5.74, 6) is -0.718. The van der Waals surface area contributed by atoms with Crippen LogP contribution in [-0.2, 0) is 50.0 Å². The van der Waals surface area contributed by atoms with Crippen molar-refractivity contribution in [2.45, 2.75) is 81.8 Å². The smallest absolute Gasteiger partial charge is 0.330 e. The number of aryl methyl sites for hydroxylation is 2. The number of carbonyl (C=O) groups is 1. The lowest BCUT2D eigenvalue weighted by molar-refractivity contribution is -0.197. The predicted molar refractivity (Wildman–Crippen MR) is 218 cm³/mol. The highest BCUT2D eigenvalue weighted by Gasteiger charge is 2.70. The van der Waals surface area contributed by atoms with E-state index in [0.717, 1.165) is 21.5 Å². The average Bonchev–Trinajstić information content (AvgIpc) is 3.43. The Morgan fingerprint density at radius 2 is 1.39 bits per heavy atom. The van der Waals surface area contributed by atoms with E-state index >= 15 is 0 Å². The number of rotatable bonds is 14. The summed E-state index contributed by atoms with van der Waals surface area (Å²) in [5, 5.41) is -0.404. The number of hydrogen-bond donors (Lipinski definition) is 1. The maximum absolute atomic E-state index is 14.4. The molecule has 1 aromatic heterocycles. The maximum Gasteiger partial charge on any atom is 0.330 e. The van der Waals surface area contributed by atoms with Gasteiger partial charge in [0.25, 0.3) is 15.7 Å². The third-order valence-corrected chi connectivity index (χ3v) is 14.8. The van der Waals surface area contributed by atoms with Gasteiger partial charge in [-0.3, -0.25) is 23.3 Å². The number of nitrogens with one attached hydrogen (secondary N) is 1. The number of H-pyrrole nitrogens is 1. The number of hydrogen-bond acceptors (Lipinski definition) is 10. The van der Waals surface area contributed by atoms with Gasteiger partial charge in [-0.2, -0.15) is 8.42 Å². The molecule has 14 heteroatoms. The van der Waals surface area contributed by atoms with E-state index in [0.29, 0.717) is 0 Å². The van der Waals surface area contributed by atoms with Crippen molar-refractivity contribution >= 4 is 35.3 Å². The van der Waals surface area contributed by atoms with Gasteiger partial charge in [0, 0.05) is 18.7 Å². The van der Waals surface area contributed by atoms with Gasteiger partial charge >= 0.3 is 11.7 Å². The molecule has 1 saturated heterocycles. The second-order valence-corrected chi connectivity index (χ2v) is 19.9. The molecule has 0 amide bonds. The molecule has 6 rings (SSSR count). The van der Waals surface area contributed by atoms with Crippen molar-refractivity contribution in [3.63, 3.8) is 0 Å². The van der Waals surface area contributed by atoms with E-state index in [-0.39, 0.29) is 23.7 Å². The van der Waals surface area contributed by atoms with Crippen molar-refractivity contribution in [3.8, 4) is 0 Å². The summed E-state index contributed by atoms with van der Waals surface area (Å²) in [6.07, 6.45) is -1.39. The van der Waals surface area contributed by atoms with Crippen molar-refractivity contribution in [1.82, 2.24) is 9.55 Å². The summed E-state index contributed by atoms with van der Waals surface area (Å²) in [6.45, 7) is 9.08. The van der Waals surface area contributed by atoms with Crippen LogP contribution in [0.2, 0.25) is 0 Å². The second kappa shape index (κ2) is 16.9. The molecular weight excluding hydrogens is 765 g/mol. The van der Waals surface area contributed by atoms with Crippen LogP contribution in [0, 0.1) is 13.8 Å². The van der Waals surface area contributed by atoms with Gasteiger partial charge in [0.15, 0.2) is 20.2 Å². The van der Waals surface area contributed by atoms with E-state index in [1.165, 1.54) is 29.8 Å². The quantitative estimate of drug-likeness (QED) is 0.0994. The first-order valence-electron chi connectivity index (χ1n) is 18.6. The Hall–Kier alpha value is -4.96. The third-order valence-electron chi connectivity index (χ3n) is 9.83. The van der Waals surface area contributed by atoms with Crippen LogP contribution in [0.25, 0.3) is 0 Å². The molecule has 2 heterocycles. The Morgan fingerprint density at radius 1 is 0.825 bits per heavy atom. The van der Waals surface area contributed by atoms with E-state index in [1.54, 1.807) is 19.1 Å². The molecule has 4 aromatic carbocycles. The van der Waals surface area contributed by atoms with Crippen molar-refractivity contribution in [2.75, 3.05) is 13.2 Å². The van der Waals surface area contributed by atoms with E-state index < -0.39 is 71.5 Å². The molecule has 300 valence electrons. The Kier molecular flexibility index (Phi) is 12.3. The minimum Gasteiger partial charge on any atom is -0.455 e. The molecule has 4 atom stereocenters. The highest BCUT2D eigenvalue weighted by molar-refractivity contribution is 7.86. The van der Waals surface area contributed by atoms with Gasteiger partial charge < -0.3 is 18.9 Å². The van der Waals surface area contributed by atoms with Crippen LogP contribution in [0.3, 0.4) is 0 Å². The summed E-state index contributed by atoms with van der Waals surface area (Å²) >= 11 is 0. The zero-order chi connectivity index (χ0) is 41.0. The van der Waals surface area contributed by atoms with Gasteiger partial charge in [-0.1, -0.05) is 119 Å². The summed E-state index contributed by atoms with van der Waals surface area (Å²) in [7, 11) is -7.60. The zero-order valence-corrected chi connectivity index (χ0v) is 34.8. The molecule has 5 aromatic rings. The Bertz CT molecular complexity index is 2350. The fourth-order valence-electron chi connectivity index (χ4n) is 7.15. The molecular formula is C43H48N2O10SSi. The predicted octanol–water partition coefficient (Wildman–Crippen LogP) is 3.89. The number of nitrogens with zero attached hydrogens (tertiary/aromatic N) is 1. The van der Waals surface area contributed by atoms with Gasteiger partial charge in [0.05, 0.1) is 23.7 Å². The minimum absolute atomic E-state index is 0.0346. The number of aromatic amines is 1. The summed E-state index contributed by atoms with van der Waals surface area (Å²) in [4.78, 5) is 43.3. The maximum atomic E-state index is 14.4. The molecule has 0 radical (unpaired) electrons. The SMILES string of the molecule is CC(=O)O[C@@H]1[C@H](OCc2ccccc2)[C@](COC(C)(C)C)(COS(=O)(=O)c2ccc(C)cc2)O[C@]1(n1cc(C)c(=O)[nH]c1=O)[SiH](c1ccccc1)c1ccccc1. The van der Waals surface area contributed by atoms with Gasteiger partial charge in [-0.15, -0.1) is 0 Å². The van der Waals surface area contributed by atoms with Gasteiger partial charge in [-0.05, 0) is 52.3 Å². The lowest BCUT2D eigenvalue weighted by Crippen LogP contribution is -2.69. The average molecular weight is 813 g/mol. The second-order valence-electron chi connectivity index (χ2n) is 15.3. The van der Waals surface area contributed by atoms with Gasteiger partial charge in [0.2, 0.25) is 0 Å². The summed E-state index contributed by atoms with van der Waals surface area (Å²) < 4.78 is 62.5. The zero-order valence-electron chi connectivity index (χ0n) is 32.8. The van der Waals surface area contributed by atoms with Crippen LogP contribution in [-0.4, -0.2) is 69.4 Å². The van der Waals surface area contributed by atoms with E-state index in [1.807, 2.05) is 119 Å². The molecule has 0 aliphatic carbocycles. The molecule has 1 N–H and O–H groups in total. The molecule has 0 spiro atoms. The summed E-state index contributed by atoms with van der Waals surface area (Å²) in [6, 6.07) is 34.3. The Labute approximate surface area is 334 Å². The standard InChI is InChI=1S/C43H48N2O10SSi/c1-30-22-24-34(25-23-30)56(49,50)53-29-42(28-52-41(4,5)6)37(51-27-33-16-10-7-11-17-33)38(54-32(3)46)43(55-42,45-26-31(2)39(47)44-40(45)48)57(35-18-12-8-13-19-35)36-20-14-9-15-21-36/h7-26,37-38,57H,27-29H2,1-6H3,(H,44,47,48)/t37-,38+,42-,43-/m0/s1. The topological polar surface area (TPSA) is 152 Å². The molecule has 12 nitrogen and oxygen atoms in total. The Balaban J connectivity index is 1.70. The van der Waals surface area contributed by atoms with Crippen LogP contribution in [0.5, 0.6) is 0 Å². The van der Waals surface area contributed by atoms with E-state index in [2.05, 4.69) is 4.98 Å². The first-order chi connectivity index (χ1) is 27.0. The summed E-state index contributed by atoms with van der Waals surface area (Å²) in [5.41, 5.74) is -2.36. The van der Waals surface area contributed by atoms with Crippen LogP contribution < -0.4 is 21.6 Å². The molecule has 1 aliphatic rings. The van der Waals surface area contributed by atoms with E-state index in [4.69, 9.17) is 23.1 Å². The normalized spacial score (nSPS) is 21.1. The number of carbonyl (C=O) groups excluding carboxylic acids is 1. The molecule has 0 unspecified atom stereocenters. The fourth-order valence-corrected chi connectivity index (χ4v) is 12.1. The van der Waals surface area contributed by atoms with Crippen LogP contribution in [0.15, 0.2) is 136 Å². The molecule has 0 bridgehead atoms.